The number of aliphatic carboxylic acids is 1. The summed E-state index contributed by atoms with van der Waals surface area (Å²) in [4.78, 5) is 15.8. The molecule has 1 aromatic rings. The molecule has 0 radical (unpaired) electrons. The van der Waals surface area contributed by atoms with E-state index in [2.05, 4.69) is 15.4 Å². The predicted molar refractivity (Wildman–Crippen MR) is 71.0 cm³/mol. The number of hydrogen-bond donors (Lipinski definition) is 2. The number of carboxylic acid groups (broad SMARTS) is 1. The molecule has 1 aliphatic rings. The Morgan fingerprint density at radius 2 is 2.21 bits per heavy atom. The zero-order chi connectivity index (χ0) is 14.2. The fourth-order valence-corrected chi connectivity index (χ4v) is 2.52. The lowest BCUT2D eigenvalue weighted by Crippen LogP contribution is -2.51. The Balaban J connectivity index is 2.12. The average molecular weight is 266 g/mol. The topological polar surface area (TPSA) is 80.0 Å². The molecule has 0 aromatic carbocycles. The van der Waals surface area contributed by atoms with Crippen molar-refractivity contribution in [1.29, 1.82) is 0 Å². The van der Waals surface area contributed by atoms with Crippen LogP contribution < -0.4 is 5.32 Å². The normalized spacial score (nSPS) is 20.0. The highest BCUT2D eigenvalue weighted by Crippen LogP contribution is 2.28. The van der Waals surface area contributed by atoms with Crippen molar-refractivity contribution in [3.8, 4) is 0 Å². The minimum Gasteiger partial charge on any atom is -0.480 e. The minimum atomic E-state index is -0.910. The third kappa shape index (κ3) is 3.12. The first-order valence-electron chi connectivity index (χ1n) is 6.72. The van der Waals surface area contributed by atoms with Crippen LogP contribution in [0.1, 0.15) is 50.8 Å². The van der Waals surface area contributed by atoms with Gasteiger partial charge in [-0.05, 0) is 47.0 Å². The maximum Gasteiger partial charge on any atom is 0.323 e. The van der Waals surface area contributed by atoms with Gasteiger partial charge >= 0.3 is 5.97 Å². The number of carbonyl (C=O) groups is 1. The van der Waals surface area contributed by atoms with E-state index in [9.17, 15) is 9.90 Å². The van der Waals surface area contributed by atoms with E-state index in [0.29, 0.717) is 12.5 Å². The van der Waals surface area contributed by atoms with Crippen molar-refractivity contribution in [2.24, 2.45) is 0 Å². The van der Waals surface area contributed by atoms with E-state index < -0.39 is 11.5 Å². The second-order valence-corrected chi connectivity index (χ2v) is 5.76. The van der Waals surface area contributed by atoms with Crippen LogP contribution in [0.2, 0.25) is 0 Å². The first-order valence-corrected chi connectivity index (χ1v) is 6.72. The molecule has 1 saturated carbocycles. The molecule has 1 fully saturated rings. The SMILES string of the molecule is Cc1nc(C)n(C(C)CC(C)(NC2CC2)C(=O)O)n1. The number of aromatic nitrogens is 3. The van der Waals surface area contributed by atoms with Gasteiger partial charge in [-0.15, -0.1) is 0 Å². The number of rotatable bonds is 6. The maximum absolute atomic E-state index is 11.5. The lowest BCUT2D eigenvalue weighted by Gasteiger charge is -2.29. The number of nitrogens with zero attached hydrogens (tertiary/aromatic N) is 3. The lowest BCUT2D eigenvalue weighted by atomic mass is 9.93. The second kappa shape index (κ2) is 4.92. The first kappa shape index (κ1) is 14.0. The van der Waals surface area contributed by atoms with Crippen LogP contribution in [0.5, 0.6) is 0 Å². The van der Waals surface area contributed by atoms with Crippen LogP contribution in [-0.4, -0.2) is 37.4 Å². The Bertz CT molecular complexity index is 481. The molecule has 6 nitrogen and oxygen atoms in total. The van der Waals surface area contributed by atoms with E-state index in [4.69, 9.17) is 0 Å². The minimum absolute atomic E-state index is 0.00597. The molecule has 0 aliphatic heterocycles. The third-order valence-electron chi connectivity index (χ3n) is 3.60. The average Bonchev–Trinajstić information content (AvgIpc) is 3.02. The van der Waals surface area contributed by atoms with Gasteiger partial charge in [-0.1, -0.05) is 0 Å². The molecular weight excluding hydrogens is 244 g/mol. The van der Waals surface area contributed by atoms with Crippen molar-refractivity contribution in [3.63, 3.8) is 0 Å². The molecule has 0 spiro atoms. The van der Waals surface area contributed by atoms with Crippen LogP contribution in [0.3, 0.4) is 0 Å². The van der Waals surface area contributed by atoms with Crippen molar-refractivity contribution in [2.75, 3.05) is 0 Å². The van der Waals surface area contributed by atoms with Crippen molar-refractivity contribution in [3.05, 3.63) is 11.6 Å². The monoisotopic (exact) mass is 266 g/mol. The molecule has 1 aromatic heterocycles. The Labute approximate surface area is 113 Å². The number of nitrogens with one attached hydrogen (secondary N) is 1. The molecule has 19 heavy (non-hydrogen) atoms. The summed E-state index contributed by atoms with van der Waals surface area (Å²) in [7, 11) is 0. The molecular formula is C13H22N4O2. The van der Waals surface area contributed by atoms with Gasteiger partial charge in [0.2, 0.25) is 0 Å². The van der Waals surface area contributed by atoms with E-state index in [0.717, 1.165) is 24.5 Å². The van der Waals surface area contributed by atoms with Crippen LogP contribution in [0.25, 0.3) is 0 Å². The lowest BCUT2D eigenvalue weighted by molar-refractivity contribution is -0.145. The third-order valence-corrected chi connectivity index (χ3v) is 3.60. The predicted octanol–water partition coefficient (Wildman–Crippen LogP) is 1.44. The zero-order valence-electron chi connectivity index (χ0n) is 12.0. The number of carboxylic acids is 1. The molecule has 6 heteroatoms. The van der Waals surface area contributed by atoms with Gasteiger partial charge in [-0.3, -0.25) is 10.1 Å². The summed E-state index contributed by atoms with van der Waals surface area (Å²) < 4.78 is 1.81. The molecule has 2 rings (SSSR count). The Kier molecular flexibility index (Phi) is 3.62. The molecule has 1 aliphatic carbocycles. The quantitative estimate of drug-likeness (QED) is 0.814. The molecule has 1 heterocycles. The van der Waals surface area contributed by atoms with Gasteiger partial charge < -0.3 is 5.11 Å². The van der Waals surface area contributed by atoms with E-state index in [1.807, 2.05) is 25.5 Å². The van der Waals surface area contributed by atoms with Gasteiger partial charge in [0.05, 0.1) is 6.04 Å². The fraction of sp³-hybridized carbons (Fsp3) is 0.769. The summed E-state index contributed by atoms with van der Waals surface area (Å²) in [6.45, 7) is 7.47. The number of aryl methyl sites for hydroxylation is 2. The summed E-state index contributed by atoms with van der Waals surface area (Å²) in [5.74, 6) is 0.737. The molecule has 0 bridgehead atoms. The smallest absolute Gasteiger partial charge is 0.323 e. The van der Waals surface area contributed by atoms with Crippen molar-refractivity contribution in [1.82, 2.24) is 20.1 Å². The van der Waals surface area contributed by atoms with Crippen LogP contribution >= 0.6 is 0 Å². The Morgan fingerprint density at radius 3 is 2.63 bits per heavy atom. The van der Waals surface area contributed by atoms with Crippen LogP contribution in [0.4, 0.5) is 0 Å². The van der Waals surface area contributed by atoms with Crippen LogP contribution in [0.15, 0.2) is 0 Å². The van der Waals surface area contributed by atoms with Gasteiger partial charge in [-0.25, -0.2) is 9.67 Å². The van der Waals surface area contributed by atoms with Gasteiger partial charge in [0.1, 0.15) is 17.2 Å². The highest BCUT2D eigenvalue weighted by molar-refractivity contribution is 5.78. The molecule has 2 unspecified atom stereocenters. The van der Waals surface area contributed by atoms with E-state index in [-0.39, 0.29) is 6.04 Å². The van der Waals surface area contributed by atoms with Crippen LogP contribution in [0, 0.1) is 13.8 Å². The molecule has 2 N–H and O–H groups in total. The Morgan fingerprint density at radius 1 is 1.58 bits per heavy atom. The maximum atomic E-state index is 11.5. The van der Waals surface area contributed by atoms with Gasteiger partial charge in [0.25, 0.3) is 0 Å². The standard InChI is InChI=1S/C13H22N4O2/c1-8(17-10(3)14-9(2)16-17)7-13(4,12(18)19)15-11-5-6-11/h8,11,15H,5-7H2,1-4H3,(H,18,19). The Hall–Kier alpha value is -1.43. The first-order chi connectivity index (χ1) is 8.82. The number of hydrogen-bond acceptors (Lipinski definition) is 4. The molecule has 0 saturated heterocycles. The highest BCUT2D eigenvalue weighted by atomic mass is 16.4. The summed E-state index contributed by atoms with van der Waals surface area (Å²) in [6.07, 6.45) is 2.62. The van der Waals surface area contributed by atoms with Gasteiger partial charge in [0, 0.05) is 6.04 Å². The van der Waals surface area contributed by atoms with Gasteiger partial charge in [-0.2, -0.15) is 5.10 Å². The molecule has 106 valence electrons. The summed E-state index contributed by atoms with van der Waals surface area (Å²) in [6, 6.07) is 0.348. The molecule has 0 amide bonds. The summed E-state index contributed by atoms with van der Waals surface area (Å²) in [5.41, 5.74) is -0.910. The van der Waals surface area contributed by atoms with E-state index in [1.165, 1.54) is 0 Å². The van der Waals surface area contributed by atoms with Crippen molar-refractivity contribution < 1.29 is 9.90 Å². The largest absolute Gasteiger partial charge is 0.480 e. The summed E-state index contributed by atoms with van der Waals surface area (Å²) >= 11 is 0. The van der Waals surface area contributed by atoms with Crippen molar-refractivity contribution in [2.45, 2.75) is 64.6 Å². The van der Waals surface area contributed by atoms with E-state index in [1.54, 1.807) is 6.92 Å². The summed E-state index contributed by atoms with van der Waals surface area (Å²) in [5, 5.41) is 17.0. The second-order valence-electron chi connectivity index (χ2n) is 5.76. The molecule has 2 atom stereocenters. The van der Waals surface area contributed by atoms with Crippen molar-refractivity contribution >= 4 is 5.97 Å². The fourth-order valence-electron chi connectivity index (χ4n) is 2.52. The van der Waals surface area contributed by atoms with Crippen LogP contribution in [-0.2, 0) is 4.79 Å². The van der Waals surface area contributed by atoms with Gasteiger partial charge in [0.15, 0.2) is 0 Å². The highest BCUT2D eigenvalue weighted by Gasteiger charge is 2.40. The van der Waals surface area contributed by atoms with E-state index >= 15 is 0 Å². The zero-order valence-corrected chi connectivity index (χ0v) is 12.0.